The molecule has 1 aliphatic heterocycles. The molecule has 1 amide bonds. The van der Waals surface area contributed by atoms with Crippen molar-refractivity contribution in [1.82, 2.24) is 4.90 Å². The first-order chi connectivity index (χ1) is 7.99. The van der Waals surface area contributed by atoms with Gasteiger partial charge >= 0.3 is 5.97 Å². The van der Waals surface area contributed by atoms with Crippen LogP contribution in [-0.2, 0) is 4.79 Å². The second-order valence-corrected chi connectivity index (χ2v) is 4.58. The van der Waals surface area contributed by atoms with Crippen molar-refractivity contribution in [3.05, 3.63) is 23.7 Å². The van der Waals surface area contributed by atoms with Crippen LogP contribution in [-0.4, -0.2) is 35.0 Å². The SMILES string of the molecule is Cc1cc(C(=O)N2C[C@@H](C)[C@H](C(=O)O)C2)co1. The quantitative estimate of drug-likeness (QED) is 0.843. The standard InChI is InChI=1S/C12H15NO4/c1-7-4-13(5-10(7)12(15)16)11(14)9-3-8(2)17-6-9/h3,6-7,10H,4-5H2,1-2H3,(H,15,16)/t7-,10-/m1/s1. The number of aryl methyl sites for hydroxylation is 1. The fraction of sp³-hybridized carbons (Fsp3) is 0.500. The first kappa shape index (κ1) is 11.7. The monoisotopic (exact) mass is 237 g/mol. The number of carbonyl (C=O) groups excluding carboxylic acids is 1. The molecule has 1 fully saturated rings. The number of nitrogens with zero attached hydrogens (tertiary/aromatic N) is 1. The summed E-state index contributed by atoms with van der Waals surface area (Å²) in [7, 11) is 0. The predicted octanol–water partition coefficient (Wildman–Crippen LogP) is 1.38. The third-order valence-electron chi connectivity index (χ3n) is 3.19. The van der Waals surface area contributed by atoms with E-state index < -0.39 is 11.9 Å². The van der Waals surface area contributed by atoms with Crippen LogP contribution in [0.2, 0.25) is 0 Å². The maximum Gasteiger partial charge on any atom is 0.308 e. The highest BCUT2D eigenvalue weighted by Crippen LogP contribution is 2.25. The minimum atomic E-state index is -0.837. The minimum absolute atomic E-state index is 0.00977. The molecule has 0 saturated carbocycles. The largest absolute Gasteiger partial charge is 0.481 e. The predicted molar refractivity (Wildman–Crippen MR) is 59.6 cm³/mol. The van der Waals surface area contributed by atoms with Crippen LogP contribution in [0.5, 0.6) is 0 Å². The molecule has 1 N–H and O–H groups in total. The van der Waals surface area contributed by atoms with Gasteiger partial charge in [-0.05, 0) is 18.9 Å². The van der Waals surface area contributed by atoms with E-state index in [1.54, 1.807) is 17.9 Å². The van der Waals surface area contributed by atoms with Gasteiger partial charge in [0.25, 0.3) is 5.91 Å². The van der Waals surface area contributed by atoms with Crippen LogP contribution < -0.4 is 0 Å². The fourth-order valence-corrected chi connectivity index (χ4v) is 2.19. The Morgan fingerprint density at radius 3 is 2.65 bits per heavy atom. The van der Waals surface area contributed by atoms with Gasteiger partial charge in [0.05, 0.1) is 11.5 Å². The molecule has 0 unspecified atom stereocenters. The minimum Gasteiger partial charge on any atom is -0.481 e. The highest BCUT2D eigenvalue weighted by atomic mass is 16.4. The number of hydrogen-bond acceptors (Lipinski definition) is 3. The first-order valence-corrected chi connectivity index (χ1v) is 5.56. The van der Waals surface area contributed by atoms with Crippen molar-refractivity contribution in [3.8, 4) is 0 Å². The Labute approximate surface area is 99.0 Å². The van der Waals surface area contributed by atoms with Crippen molar-refractivity contribution in [2.75, 3.05) is 13.1 Å². The zero-order valence-corrected chi connectivity index (χ0v) is 9.84. The fourth-order valence-electron chi connectivity index (χ4n) is 2.19. The number of hydrogen-bond donors (Lipinski definition) is 1. The van der Waals surface area contributed by atoms with Crippen molar-refractivity contribution in [2.24, 2.45) is 11.8 Å². The molecule has 5 heteroatoms. The van der Waals surface area contributed by atoms with Crippen molar-refractivity contribution in [2.45, 2.75) is 13.8 Å². The maximum atomic E-state index is 12.0. The summed E-state index contributed by atoms with van der Waals surface area (Å²) in [5, 5.41) is 9.00. The van der Waals surface area contributed by atoms with Crippen LogP contribution in [0.3, 0.4) is 0 Å². The van der Waals surface area contributed by atoms with Gasteiger partial charge in [0.1, 0.15) is 12.0 Å². The molecule has 17 heavy (non-hydrogen) atoms. The van der Waals surface area contributed by atoms with Gasteiger partial charge in [-0.1, -0.05) is 6.92 Å². The molecule has 0 bridgehead atoms. The van der Waals surface area contributed by atoms with Crippen LogP contribution in [0.4, 0.5) is 0 Å². The third kappa shape index (κ3) is 2.18. The van der Waals surface area contributed by atoms with E-state index in [1.807, 2.05) is 6.92 Å². The van der Waals surface area contributed by atoms with Crippen LogP contribution in [0.15, 0.2) is 16.7 Å². The zero-order valence-electron chi connectivity index (χ0n) is 9.84. The molecule has 1 aliphatic rings. The maximum absolute atomic E-state index is 12.0. The number of carboxylic acid groups (broad SMARTS) is 1. The van der Waals surface area contributed by atoms with Crippen molar-refractivity contribution >= 4 is 11.9 Å². The first-order valence-electron chi connectivity index (χ1n) is 5.56. The molecule has 2 heterocycles. The third-order valence-corrected chi connectivity index (χ3v) is 3.19. The molecule has 2 atom stereocenters. The Kier molecular flexibility index (Phi) is 2.92. The zero-order chi connectivity index (χ0) is 12.6. The molecule has 5 nitrogen and oxygen atoms in total. The van der Waals surface area contributed by atoms with E-state index in [0.29, 0.717) is 17.9 Å². The molecule has 0 radical (unpaired) electrons. The number of furan rings is 1. The van der Waals surface area contributed by atoms with Crippen molar-refractivity contribution in [3.63, 3.8) is 0 Å². The molecule has 0 aromatic carbocycles. The van der Waals surface area contributed by atoms with E-state index in [-0.39, 0.29) is 18.4 Å². The van der Waals surface area contributed by atoms with Gasteiger partial charge in [0.2, 0.25) is 0 Å². The summed E-state index contributed by atoms with van der Waals surface area (Å²) in [5.41, 5.74) is 0.487. The van der Waals surface area contributed by atoms with Gasteiger partial charge in [-0.3, -0.25) is 9.59 Å². The van der Waals surface area contributed by atoms with Gasteiger partial charge in [0, 0.05) is 13.1 Å². The number of aliphatic carboxylic acids is 1. The molecule has 0 aliphatic carbocycles. The Hall–Kier alpha value is -1.78. The topological polar surface area (TPSA) is 70.8 Å². The Morgan fingerprint density at radius 1 is 1.47 bits per heavy atom. The summed E-state index contributed by atoms with van der Waals surface area (Å²) in [6, 6.07) is 1.67. The molecular formula is C12H15NO4. The Balaban J connectivity index is 2.10. The number of carboxylic acids is 1. The molecule has 1 aromatic rings. The molecule has 92 valence electrons. The smallest absolute Gasteiger partial charge is 0.308 e. The lowest BCUT2D eigenvalue weighted by Crippen LogP contribution is -2.29. The number of likely N-dealkylation sites (tertiary alicyclic amines) is 1. The van der Waals surface area contributed by atoms with Gasteiger partial charge in [-0.25, -0.2) is 0 Å². The summed E-state index contributed by atoms with van der Waals surface area (Å²) < 4.78 is 5.08. The lowest BCUT2D eigenvalue weighted by molar-refractivity contribution is -0.142. The second kappa shape index (κ2) is 4.24. The average Bonchev–Trinajstić information content (AvgIpc) is 2.83. The molecule has 1 aromatic heterocycles. The van der Waals surface area contributed by atoms with E-state index >= 15 is 0 Å². The van der Waals surface area contributed by atoms with Gasteiger partial charge in [0.15, 0.2) is 0 Å². The van der Waals surface area contributed by atoms with Crippen molar-refractivity contribution in [1.29, 1.82) is 0 Å². The summed E-state index contributed by atoms with van der Waals surface area (Å²) in [6.07, 6.45) is 1.41. The molecular weight excluding hydrogens is 222 g/mol. The van der Waals surface area contributed by atoms with Crippen LogP contribution in [0, 0.1) is 18.8 Å². The molecule has 2 rings (SSSR count). The lowest BCUT2D eigenvalue weighted by atomic mass is 9.99. The van der Waals surface area contributed by atoms with Gasteiger partial charge < -0.3 is 14.4 Å². The van der Waals surface area contributed by atoms with Crippen LogP contribution in [0.1, 0.15) is 23.0 Å². The van der Waals surface area contributed by atoms with Gasteiger partial charge in [-0.15, -0.1) is 0 Å². The number of rotatable bonds is 2. The summed E-state index contributed by atoms with van der Waals surface area (Å²) >= 11 is 0. The number of amides is 1. The van der Waals surface area contributed by atoms with E-state index in [0.717, 1.165) is 0 Å². The summed E-state index contributed by atoms with van der Waals surface area (Å²) in [4.78, 5) is 24.6. The van der Waals surface area contributed by atoms with Crippen molar-refractivity contribution < 1.29 is 19.1 Å². The van der Waals surface area contributed by atoms with E-state index in [2.05, 4.69) is 0 Å². The highest BCUT2D eigenvalue weighted by Gasteiger charge is 2.37. The van der Waals surface area contributed by atoms with Crippen LogP contribution >= 0.6 is 0 Å². The summed E-state index contributed by atoms with van der Waals surface area (Å²) in [5.74, 6) is -0.791. The normalized spacial score (nSPS) is 24.0. The van der Waals surface area contributed by atoms with E-state index in [4.69, 9.17) is 9.52 Å². The molecule has 1 saturated heterocycles. The summed E-state index contributed by atoms with van der Waals surface area (Å²) in [6.45, 7) is 4.38. The second-order valence-electron chi connectivity index (χ2n) is 4.58. The highest BCUT2D eigenvalue weighted by molar-refractivity contribution is 5.94. The lowest BCUT2D eigenvalue weighted by Gasteiger charge is -2.14. The van der Waals surface area contributed by atoms with Crippen LogP contribution in [0.25, 0.3) is 0 Å². The Morgan fingerprint density at radius 2 is 2.18 bits per heavy atom. The van der Waals surface area contributed by atoms with E-state index in [9.17, 15) is 9.59 Å². The van der Waals surface area contributed by atoms with E-state index in [1.165, 1.54) is 6.26 Å². The molecule has 0 spiro atoms. The average molecular weight is 237 g/mol. The number of carbonyl (C=O) groups is 2. The van der Waals surface area contributed by atoms with Gasteiger partial charge in [-0.2, -0.15) is 0 Å². The Bertz CT molecular complexity index is 451.